The number of nitrogens with zero attached hydrogens (tertiary/aromatic N) is 2. The summed E-state index contributed by atoms with van der Waals surface area (Å²) in [4.78, 5) is 8.74. The van der Waals surface area contributed by atoms with Crippen LogP contribution in [0.1, 0.15) is 11.1 Å². The van der Waals surface area contributed by atoms with Crippen LogP contribution in [0.3, 0.4) is 0 Å². The largest absolute Gasteiger partial charge is 0.500 e. The van der Waals surface area contributed by atoms with E-state index in [0.717, 1.165) is 44.4 Å². The minimum Gasteiger partial charge on any atom is -0.500 e. The number of hydrogen-bond donors (Lipinski definition) is 0. The molecule has 1 radical (unpaired) electrons. The minimum atomic E-state index is -0.299. The summed E-state index contributed by atoms with van der Waals surface area (Å²) in [5, 5.41) is 1.81. The van der Waals surface area contributed by atoms with Crippen molar-refractivity contribution in [3.63, 3.8) is 0 Å². The summed E-state index contributed by atoms with van der Waals surface area (Å²) in [7, 11) is 0. The van der Waals surface area contributed by atoms with E-state index in [2.05, 4.69) is 35.1 Å². The molecule has 0 fully saturated rings. The number of furan rings is 1. The molecule has 7 rings (SSSR count). The van der Waals surface area contributed by atoms with Gasteiger partial charge in [-0.05, 0) is 55.1 Å². The topological polar surface area (TPSA) is 38.9 Å². The second-order valence-corrected chi connectivity index (χ2v) is 9.58. The molecule has 0 aliphatic carbocycles. The smallest absolute Gasteiger partial charge is 0.134 e. The predicted molar refractivity (Wildman–Crippen MR) is 159 cm³/mol. The van der Waals surface area contributed by atoms with Gasteiger partial charge >= 0.3 is 0 Å². The van der Waals surface area contributed by atoms with Crippen LogP contribution in [0.4, 0.5) is 4.39 Å². The van der Waals surface area contributed by atoms with E-state index >= 15 is 0 Å². The zero-order valence-electron chi connectivity index (χ0n) is 22.5. The zero-order chi connectivity index (χ0) is 27.5. The standard InChI is InChI=1S/C24H15FNO.C12H10N.Ir/c1-15-12-13-26-21(14-15)19-9-5-8-17-18-10-11-20(25)22(24(18)27-23(17)19)16-6-3-2-4-7-16;1-10-7-8-13-12(9-10)11-5-3-2-4-6-11;/h2-8,10-14H,1H3;2-5,7-9H,1H3;/q2*-1;. The summed E-state index contributed by atoms with van der Waals surface area (Å²) in [6, 6.07) is 38.8. The van der Waals surface area contributed by atoms with Gasteiger partial charge in [-0.3, -0.25) is 0 Å². The Balaban J connectivity index is 0.000000204. The second kappa shape index (κ2) is 12.4. The van der Waals surface area contributed by atoms with Crippen molar-refractivity contribution >= 4 is 21.9 Å². The van der Waals surface area contributed by atoms with Gasteiger partial charge < -0.3 is 14.4 Å². The van der Waals surface area contributed by atoms with Crippen molar-refractivity contribution < 1.29 is 28.9 Å². The van der Waals surface area contributed by atoms with Crippen LogP contribution in [-0.4, -0.2) is 9.97 Å². The van der Waals surface area contributed by atoms with Crippen LogP contribution in [0.2, 0.25) is 0 Å². The maximum absolute atomic E-state index is 14.7. The third-order valence-electron chi connectivity index (χ3n) is 6.68. The number of pyridine rings is 2. The van der Waals surface area contributed by atoms with E-state index in [1.165, 1.54) is 11.6 Å². The molecule has 0 aliphatic rings. The maximum Gasteiger partial charge on any atom is 0.134 e. The third-order valence-corrected chi connectivity index (χ3v) is 6.68. The molecule has 0 saturated heterocycles. The van der Waals surface area contributed by atoms with Gasteiger partial charge in [0.05, 0.1) is 11.1 Å². The quantitative estimate of drug-likeness (QED) is 0.172. The molecule has 203 valence electrons. The molecule has 5 heteroatoms. The van der Waals surface area contributed by atoms with Gasteiger partial charge in [-0.15, -0.1) is 54.1 Å². The van der Waals surface area contributed by atoms with Gasteiger partial charge in [0.2, 0.25) is 0 Å². The molecule has 0 bridgehead atoms. The monoisotopic (exact) mass is 713 g/mol. The fourth-order valence-electron chi connectivity index (χ4n) is 4.75. The molecule has 7 aromatic rings. The van der Waals surface area contributed by atoms with E-state index in [1.54, 1.807) is 12.3 Å². The van der Waals surface area contributed by atoms with Gasteiger partial charge in [-0.1, -0.05) is 64.5 Å². The Morgan fingerprint density at radius 3 is 2.05 bits per heavy atom. The van der Waals surface area contributed by atoms with Crippen LogP contribution < -0.4 is 0 Å². The number of halogens is 1. The average Bonchev–Trinajstić information content (AvgIpc) is 3.37. The first kappa shape index (κ1) is 28.1. The molecule has 4 aromatic carbocycles. The van der Waals surface area contributed by atoms with Crippen LogP contribution in [0.25, 0.3) is 55.6 Å². The molecule has 0 saturated carbocycles. The molecule has 3 aromatic heterocycles. The Kier molecular flexibility index (Phi) is 8.49. The van der Waals surface area contributed by atoms with Crippen molar-refractivity contribution in [3.8, 4) is 33.6 Å². The van der Waals surface area contributed by atoms with E-state index in [-0.39, 0.29) is 25.9 Å². The van der Waals surface area contributed by atoms with Crippen molar-refractivity contribution in [2.45, 2.75) is 13.8 Å². The van der Waals surface area contributed by atoms with Gasteiger partial charge in [0.25, 0.3) is 0 Å². The van der Waals surface area contributed by atoms with Gasteiger partial charge in [0.1, 0.15) is 11.4 Å². The van der Waals surface area contributed by atoms with Crippen LogP contribution in [0.5, 0.6) is 0 Å². The predicted octanol–water partition coefficient (Wildman–Crippen LogP) is 9.42. The molecule has 3 nitrogen and oxygen atoms in total. The fraction of sp³-hybridized carbons (Fsp3) is 0.0556. The van der Waals surface area contributed by atoms with E-state index in [4.69, 9.17) is 4.42 Å². The Bertz CT molecular complexity index is 1940. The molecular weight excluding hydrogens is 688 g/mol. The summed E-state index contributed by atoms with van der Waals surface area (Å²) in [6.45, 7) is 4.08. The number of hydrogen-bond acceptors (Lipinski definition) is 3. The second-order valence-electron chi connectivity index (χ2n) is 9.58. The van der Waals surface area contributed by atoms with Crippen molar-refractivity contribution in [2.75, 3.05) is 0 Å². The van der Waals surface area contributed by atoms with E-state index < -0.39 is 0 Å². The third kappa shape index (κ3) is 5.88. The van der Waals surface area contributed by atoms with E-state index in [9.17, 15) is 4.39 Å². The Morgan fingerprint density at radius 2 is 1.34 bits per heavy atom. The van der Waals surface area contributed by atoms with Gasteiger partial charge in [-0.25, -0.2) is 4.39 Å². The summed E-state index contributed by atoms with van der Waals surface area (Å²) in [5.74, 6) is -0.299. The molecule has 0 N–H and O–H groups in total. The molecule has 3 heterocycles. The number of aryl methyl sites for hydroxylation is 2. The van der Waals surface area contributed by atoms with Crippen LogP contribution in [-0.2, 0) is 20.1 Å². The molecular formula is C36H25FIrN2O-2. The number of aromatic nitrogens is 2. The normalized spacial score (nSPS) is 10.6. The zero-order valence-corrected chi connectivity index (χ0v) is 24.9. The summed E-state index contributed by atoms with van der Waals surface area (Å²) >= 11 is 0. The minimum absolute atomic E-state index is 0. The first-order valence-electron chi connectivity index (χ1n) is 13.0. The molecule has 0 atom stereocenters. The maximum atomic E-state index is 14.7. The van der Waals surface area contributed by atoms with Crippen LogP contribution in [0.15, 0.2) is 120 Å². The Hall–Kier alpha value is -4.44. The van der Waals surface area contributed by atoms with Crippen molar-refractivity contribution in [2.24, 2.45) is 0 Å². The summed E-state index contributed by atoms with van der Waals surface area (Å²) in [5.41, 5.74) is 8.43. The molecule has 0 amide bonds. The fourth-order valence-corrected chi connectivity index (χ4v) is 4.75. The summed E-state index contributed by atoms with van der Waals surface area (Å²) in [6.07, 6.45) is 3.60. The van der Waals surface area contributed by atoms with Crippen molar-refractivity contribution in [1.29, 1.82) is 0 Å². The van der Waals surface area contributed by atoms with Gasteiger partial charge in [0.15, 0.2) is 0 Å². The van der Waals surface area contributed by atoms with Crippen LogP contribution >= 0.6 is 0 Å². The van der Waals surface area contributed by atoms with Gasteiger partial charge in [0, 0.05) is 37.9 Å². The Morgan fingerprint density at radius 1 is 0.659 bits per heavy atom. The average molecular weight is 713 g/mol. The number of rotatable bonds is 3. The number of fused-ring (bicyclic) bond motifs is 3. The SMILES string of the molecule is Cc1ccnc(-c2[c-]ccc3c2oc2c(-c4ccccc4)c(F)ccc23)c1.Cc1ccnc(-c2[c-]cccc2)c1.[Ir]. The molecule has 0 unspecified atom stereocenters. The summed E-state index contributed by atoms with van der Waals surface area (Å²) < 4.78 is 21.0. The first-order chi connectivity index (χ1) is 19.6. The first-order valence-corrected chi connectivity index (χ1v) is 13.0. The molecule has 0 aliphatic heterocycles. The molecule has 0 spiro atoms. The van der Waals surface area contributed by atoms with Gasteiger partial charge in [-0.2, -0.15) is 0 Å². The van der Waals surface area contributed by atoms with E-state index in [1.807, 2.05) is 98.0 Å². The Labute approximate surface area is 252 Å². The molecule has 41 heavy (non-hydrogen) atoms. The van der Waals surface area contributed by atoms with Crippen molar-refractivity contribution in [1.82, 2.24) is 9.97 Å². The number of benzene rings is 4. The van der Waals surface area contributed by atoms with E-state index in [0.29, 0.717) is 16.7 Å². The van der Waals surface area contributed by atoms with Crippen molar-refractivity contribution in [3.05, 3.63) is 145 Å². The van der Waals surface area contributed by atoms with Crippen LogP contribution in [0, 0.1) is 31.8 Å².